The van der Waals surface area contributed by atoms with Crippen molar-refractivity contribution >= 4 is 46.3 Å². The van der Waals surface area contributed by atoms with Gasteiger partial charge < -0.3 is 14.4 Å². The molecule has 0 bridgehead atoms. The molecule has 13 heteroatoms. The summed E-state index contributed by atoms with van der Waals surface area (Å²) < 4.78 is 42.8. The third-order valence-corrected chi connectivity index (χ3v) is 8.81. The Morgan fingerprint density at radius 2 is 1.79 bits per heavy atom. The summed E-state index contributed by atoms with van der Waals surface area (Å²) in [5, 5.41) is 13.0. The molecule has 1 aromatic heterocycles. The van der Waals surface area contributed by atoms with Gasteiger partial charge in [-0.3, -0.25) is 19.7 Å². The van der Waals surface area contributed by atoms with Crippen molar-refractivity contribution in [3.8, 4) is 6.07 Å². The lowest BCUT2D eigenvalue weighted by Gasteiger charge is -2.38. The maximum absolute atomic E-state index is 13.7. The van der Waals surface area contributed by atoms with Crippen LogP contribution in [0, 0.1) is 22.7 Å². The standard InChI is InChI=1S/C35H40ClF3N6O3/c1-21(2)16-25(18-40)31(47)43-15-7-8-27(20-43)45-29-14-9-23(19-44(22(3)34(4,5)6)32(48)35(37,38)39)17-28(29)41-33(45)42-30(46)24-10-12-26(36)13-11-24/h9-14,16-17,21-22,27H,7-8,15,19-20H2,1-6H3,(H,41,42,46)/b25-16+/t22-,27?/m0/s1. The van der Waals surface area contributed by atoms with E-state index in [-0.39, 0.29) is 42.5 Å². The second-order valence-electron chi connectivity index (χ2n) is 13.5. The number of hydrogen-bond acceptors (Lipinski definition) is 5. The SMILES string of the molecule is CC(C)/C=C(\C#N)C(=O)N1CCCC(n2c(NC(=O)c3ccc(Cl)cc3)nc3cc(CN(C(=O)C(F)(F)F)[C@@H](C)C(C)(C)C)ccc32)C1. The molecule has 1 saturated heterocycles. The van der Waals surface area contributed by atoms with Gasteiger partial charge in [-0.05, 0) is 73.1 Å². The smallest absolute Gasteiger partial charge is 0.336 e. The Kier molecular flexibility index (Phi) is 10.9. The van der Waals surface area contributed by atoms with Crippen LogP contribution in [0.1, 0.15) is 76.3 Å². The van der Waals surface area contributed by atoms with Gasteiger partial charge in [0.15, 0.2) is 0 Å². The van der Waals surface area contributed by atoms with Gasteiger partial charge in [-0.25, -0.2) is 4.98 Å². The first kappa shape index (κ1) is 36.5. The van der Waals surface area contributed by atoms with Crippen molar-refractivity contribution in [2.75, 3.05) is 18.4 Å². The van der Waals surface area contributed by atoms with Crippen molar-refractivity contribution in [3.05, 3.63) is 70.3 Å². The number of amides is 3. The number of allylic oxidation sites excluding steroid dienone is 1. The number of carbonyl (C=O) groups excluding carboxylic acids is 3. The van der Waals surface area contributed by atoms with E-state index in [2.05, 4.69) is 5.32 Å². The number of imidazole rings is 1. The molecule has 1 aliphatic heterocycles. The van der Waals surface area contributed by atoms with Crippen LogP contribution in [0.3, 0.4) is 0 Å². The molecule has 256 valence electrons. The first-order chi connectivity index (χ1) is 22.4. The number of nitrogens with one attached hydrogen (secondary N) is 1. The predicted octanol–water partition coefficient (Wildman–Crippen LogP) is 7.54. The predicted molar refractivity (Wildman–Crippen MR) is 178 cm³/mol. The zero-order valence-electron chi connectivity index (χ0n) is 27.9. The summed E-state index contributed by atoms with van der Waals surface area (Å²) in [5.74, 6) is -2.58. The average molecular weight is 685 g/mol. The van der Waals surface area contributed by atoms with Crippen LogP contribution in [0.15, 0.2) is 54.1 Å². The van der Waals surface area contributed by atoms with Gasteiger partial charge in [0.1, 0.15) is 11.6 Å². The maximum Gasteiger partial charge on any atom is 0.471 e. The lowest BCUT2D eigenvalue weighted by Crippen LogP contribution is -2.50. The molecule has 1 N–H and O–H groups in total. The molecule has 0 aliphatic carbocycles. The minimum absolute atomic E-state index is 0.000561. The zero-order valence-corrected chi connectivity index (χ0v) is 28.6. The molecule has 0 saturated carbocycles. The number of benzene rings is 2. The molecule has 1 aliphatic rings. The number of likely N-dealkylation sites (tertiary alicyclic amines) is 1. The van der Waals surface area contributed by atoms with Crippen molar-refractivity contribution in [2.24, 2.45) is 11.3 Å². The van der Waals surface area contributed by atoms with E-state index in [0.29, 0.717) is 46.6 Å². The summed E-state index contributed by atoms with van der Waals surface area (Å²) in [6.45, 7) is 11.0. The summed E-state index contributed by atoms with van der Waals surface area (Å²) in [7, 11) is 0. The molecule has 3 aromatic rings. The van der Waals surface area contributed by atoms with Gasteiger partial charge in [0.25, 0.3) is 11.8 Å². The highest BCUT2D eigenvalue weighted by molar-refractivity contribution is 6.30. The summed E-state index contributed by atoms with van der Waals surface area (Å²) in [5.41, 5.74) is 1.15. The Balaban J connectivity index is 1.76. The molecule has 2 atom stereocenters. The van der Waals surface area contributed by atoms with Gasteiger partial charge in [-0.1, -0.05) is 58.4 Å². The normalized spacial score (nSPS) is 16.5. The van der Waals surface area contributed by atoms with Gasteiger partial charge in [-0.15, -0.1) is 0 Å². The number of aromatic nitrogens is 2. The fourth-order valence-corrected chi connectivity index (χ4v) is 5.82. The Hall–Kier alpha value is -4.37. The molecule has 1 unspecified atom stereocenters. The van der Waals surface area contributed by atoms with E-state index >= 15 is 0 Å². The Labute approximate surface area is 283 Å². The Bertz CT molecular complexity index is 1750. The molecular formula is C35H40ClF3N6O3. The second-order valence-corrected chi connectivity index (χ2v) is 14.0. The molecule has 2 heterocycles. The summed E-state index contributed by atoms with van der Waals surface area (Å²) in [6, 6.07) is 12.2. The summed E-state index contributed by atoms with van der Waals surface area (Å²) >= 11 is 6.00. The number of rotatable bonds is 8. The lowest BCUT2D eigenvalue weighted by atomic mass is 9.86. The van der Waals surface area contributed by atoms with E-state index in [0.717, 1.165) is 4.90 Å². The van der Waals surface area contributed by atoms with Crippen molar-refractivity contribution in [1.82, 2.24) is 19.4 Å². The monoisotopic (exact) mass is 684 g/mol. The van der Waals surface area contributed by atoms with E-state index in [1.54, 1.807) is 81.1 Å². The third-order valence-electron chi connectivity index (χ3n) is 8.56. The largest absolute Gasteiger partial charge is 0.471 e. The Morgan fingerprint density at radius 1 is 1.12 bits per heavy atom. The minimum atomic E-state index is -5.05. The highest BCUT2D eigenvalue weighted by Crippen LogP contribution is 2.34. The summed E-state index contributed by atoms with van der Waals surface area (Å²) in [4.78, 5) is 46.3. The molecule has 9 nitrogen and oxygen atoms in total. The van der Waals surface area contributed by atoms with Crippen molar-refractivity contribution < 1.29 is 27.6 Å². The zero-order chi connectivity index (χ0) is 35.6. The van der Waals surface area contributed by atoms with Crippen LogP contribution >= 0.6 is 11.6 Å². The minimum Gasteiger partial charge on any atom is -0.336 e. The number of fused-ring (bicyclic) bond motifs is 1. The number of hydrogen-bond donors (Lipinski definition) is 1. The first-order valence-corrected chi connectivity index (χ1v) is 16.1. The fourth-order valence-electron chi connectivity index (χ4n) is 5.70. The van der Waals surface area contributed by atoms with Crippen molar-refractivity contribution in [1.29, 1.82) is 5.26 Å². The number of alkyl halides is 3. The van der Waals surface area contributed by atoms with Crippen LogP contribution in [0.2, 0.25) is 5.02 Å². The van der Waals surface area contributed by atoms with Crippen LogP contribution in [-0.2, 0) is 16.1 Å². The van der Waals surface area contributed by atoms with E-state index in [1.165, 1.54) is 0 Å². The molecule has 3 amide bonds. The fraction of sp³-hybridized carbons (Fsp3) is 0.457. The highest BCUT2D eigenvalue weighted by atomic mass is 35.5. The third kappa shape index (κ3) is 8.37. The summed E-state index contributed by atoms with van der Waals surface area (Å²) in [6.07, 6.45) is -2.17. The van der Waals surface area contributed by atoms with Crippen molar-refractivity contribution in [3.63, 3.8) is 0 Å². The molecule has 4 rings (SSSR count). The van der Waals surface area contributed by atoms with E-state index in [9.17, 15) is 32.8 Å². The van der Waals surface area contributed by atoms with Crippen LogP contribution in [0.4, 0.5) is 19.1 Å². The van der Waals surface area contributed by atoms with Gasteiger partial charge in [-0.2, -0.15) is 18.4 Å². The Morgan fingerprint density at radius 3 is 2.38 bits per heavy atom. The lowest BCUT2D eigenvalue weighted by molar-refractivity contribution is -0.190. The number of piperidine rings is 1. The molecule has 1 fully saturated rings. The van der Waals surface area contributed by atoms with Gasteiger partial charge >= 0.3 is 12.1 Å². The topological polar surface area (TPSA) is 111 Å². The van der Waals surface area contributed by atoms with Crippen LogP contribution in [-0.4, -0.2) is 62.4 Å². The molecule has 0 radical (unpaired) electrons. The number of nitrogens with zero attached hydrogens (tertiary/aromatic N) is 5. The number of halogens is 4. The maximum atomic E-state index is 13.7. The number of nitriles is 1. The van der Waals surface area contributed by atoms with Gasteiger partial charge in [0.2, 0.25) is 5.95 Å². The molecular weight excluding hydrogens is 645 g/mol. The van der Waals surface area contributed by atoms with E-state index in [1.807, 2.05) is 24.5 Å². The quantitative estimate of drug-likeness (QED) is 0.195. The average Bonchev–Trinajstić information content (AvgIpc) is 3.37. The van der Waals surface area contributed by atoms with Crippen LogP contribution < -0.4 is 5.32 Å². The number of anilines is 1. The van der Waals surface area contributed by atoms with Crippen molar-refractivity contribution in [2.45, 2.75) is 79.2 Å². The van der Waals surface area contributed by atoms with E-state index < -0.39 is 29.4 Å². The highest BCUT2D eigenvalue weighted by Gasteiger charge is 2.45. The van der Waals surface area contributed by atoms with Gasteiger partial charge in [0, 0.05) is 36.3 Å². The van der Waals surface area contributed by atoms with E-state index in [4.69, 9.17) is 16.6 Å². The first-order valence-electron chi connectivity index (χ1n) is 15.8. The van der Waals surface area contributed by atoms with Gasteiger partial charge in [0.05, 0.1) is 17.1 Å². The molecule has 0 spiro atoms. The second kappa shape index (κ2) is 14.4. The molecule has 48 heavy (non-hydrogen) atoms. The van der Waals surface area contributed by atoms with Crippen LogP contribution in [0.5, 0.6) is 0 Å². The number of carbonyl (C=O) groups is 3. The molecule has 2 aromatic carbocycles. The van der Waals surface area contributed by atoms with Crippen LogP contribution in [0.25, 0.3) is 11.0 Å².